The Morgan fingerprint density at radius 3 is 2.60 bits per heavy atom. The van der Waals surface area contributed by atoms with E-state index in [9.17, 15) is 14.8 Å². The Morgan fingerprint density at radius 2 is 1.90 bits per heavy atom. The second-order valence-electron chi connectivity index (χ2n) is 8.63. The predicted octanol–water partition coefficient (Wildman–Crippen LogP) is 2.52. The number of pyridine rings is 1. The molecule has 3 aromatic rings. The first kappa shape index (κ1) is 18.8. The average Bonchev–Trinajstić information content (AvgIpc) is 3.36. The summed E-state index contributed by atoms with van der Waals surface area (Å²) in [5, 5.41) is 17.0. The summed E-state index contributed by atoms with van der Waals surface area (Å²) < 4.78 is 0.728. The van der Waals surface area contributed by atoms with Gasteiger partial charge in [0.2, 0.25) is 5.91 Å². The van der Waals surface area contributed by atoms with Crippen molar-refractivity contribution in [2.75, 3.05) is 5.43 Å². The molecule has 7 heteroatoms. The van der Waals surface area contributed by atoms with Crippen molar-refractivity contribution in [1.82, 2.24) is 9.89 Å². The molecule has 2 heterocycles. The Bertz CT molecular complexity index is 1160. The standard InChI is InChI=1S/C23H24N4O3/c28-22(14-18-12-16-5-6-17(18)11-16)25-27-23(29)20-4-2-1-3-19(20)21(24-27)13-15-7-9-26(30)10-8-15/h1-4,7-10,16-18H,5-6,11-14H2,(H,25,28). The molecule has 2 fully saturated rings. The Hall–Kier alpha value is -3.22. The minimum Gasteiger partial charge on any atom is -0.619 e. The number of fused-ring (bicyclic) bond motifs is 3. The van der Waals surface area contributed by atoms with Crippen LogP contribution in [0.3, 0.4) is 0 Å². The summed E-state index contributed by atoms with van der Waals surface area (Å²) in [6, 6.07) is 10.7. The van der Waals surface area contributed by atoms with Crippen LogP contribution in [0, 0.1) is 23.0 Å². The van der Waals surface area contributed by atoms with E-state index in [1.54, 1.807) is 24.3 Å². The molecule has 1 amide bonds. The van der Waals surface area contributed by atoms with Gasteiger partial charge in [-0.2, -0.15) is 9.83 Å². The Labute approximate surface area is 173 Å². The first-order valence-corrected chi connectivity index (χ1v) is 10.6. The minimum absolute atomic E-state index is 0.157. The van der Waals surface area contributed by atoms with E-state index >= 15 is 0 Å². The molecule has 5 rings (SSSR count). The summed E-state index contributed by atoms with van der Waals surface area (Å²) in [6.45, 7) is 0. The number of amides is 1. The number of benzene rings is 1. The van der Waals surface area contributed by atoms with Crippen LogP contribution in [0.25, 0.3) is 10.8 Å². The highest BCUT2D eigenvalue weighted by Gasteiger charge is 2.40. The molecule has 0 radical (unpaired) electrons. The third kappa shape index (κ3) is 3.56. The van der Waals surface area contributed by atoms with E-state index < -0.39 is 0 Å². The highest BCUT2D eigenvalue weighted by atomic mass is 16.5. The fraction of sp³-hybridized carbons (Fsp3) is 0.391. The maximum atomic E-state index is 12.9. The molecule has 3 atom stereocenters. The third-order valence-electron chi connectivity index (χ3n) is 6.69. The summed E-state index contributed by atoms with van der Waals surface area (Å²) in [5.41, 5.74) is 3.97. The molecule has 3 unspecified atom stereocenters. The molecule has 2 aromatic heterocycles. The number of nitrogens with zero attached hydrogens (tertiary/aromatic N) is 3. The highest BCUT2D eigenvalue weighted by molar-refractivity contribution is 5.86. The smallest absolute Gasteiger partial charge is 0.294 e. The largest absolute Gasteiger partial charge is 0.619 e. The van der Waals surface area contributed by atoms with E-state index in [0.29, 0.717) is 35.8 Å². The van der Waals surface area contributed by atoms with Gasteiger partial charge < -0.3 is 5.21 Å². The summed E-state index contributed by atoms with van der Waals surface area (Å²) in [6.07, 6.45) is 8.65. The topological polar surface area (TPSA) is 90.9 Å². The molecule has 2 aliphatic rings. The van der Waals surface area contributed by atoms with Crippen LogP contribution >= 0.6 is 0 Å². The van der Waals surface area contributed by atoms with Crippen LogP contribution in [0.15, 0.2) is 53.6 Å². The molecule has 2 aliphatic carbocycles. The third-order valence-corrected chi connectivity index (χ3v) is 6.69. The van der Waals surface area contributed by atoms with Gasteiger partial charge in [-0.3, -0.25) is 9.59 Å². The zero-order chi connectivity index (χ0) is 20.7. The monoisotopic (exact) mass is 404 g/mol. The van der Waals surface area contributed by atoms with Gasteiger partial charge in [0.25, 0.3) is 5.56 Å². The Balaban J connectivity index is 1.42. The lowest BCUT2D eigenvalue weighted by Crippen LogP contribution is -2.37. The first-order chi connectivity index (χ1) is 14.6. The van der Waals surface area contributed by atoms with E-state index in [0.717, 1.165) is 32.8 Å². The van der Waals surface area contributed by atoms with Crippen molar-refractivity contribution in [3.63, 3.8) is 0 Å². The second kappa shape index (κ2) is 7.55. The number of carbonyl (C=O) groups is 1. The van der Waals surface area contributed by atoms with Gasteiger partial charge >= 0.3 is 0 Å². The van der Waals surface area contributed by atoms with Gasteiger partial charge in [-0.25, -0.2) is 5.43 Å². The van der Waals surface area contributed by atoms with Crippen molar-refractivity contribution in [3.8, 4) is 0 Å². The normalized spacial score (nSPS) is 22.5. The van der Waals surface area contributed by atoms with Crippen LogP contribution in [0.2, 0.25) is 0 Å². The molecule has 1 aromatic carbocycles. The zero-order valence-electron chi connectivity index (χ0n) is 16.7. The molecule has 0 saturated heterocycles. The maximum Gasteiger partial charge on any atom is 0.294 e. The minimum atomic E-state index is -0.332. The molecule has 1 N–H and O–H groups in total. The lowest BCUT2D eigenvalue weighted by molar-refractivity contribution is -0.605. The van der Waals surface area contributed by atoms with Crippen LogP contribution in [-0.2, 0) is 11.2 Å². The summed E-state index contributed by atoms with van der Waals surface area (Å²) in [7, 11) is 0. The van der Waals surface area contributed by atoms with Crippen molar-refractivity contribution in [3.05, 3.63) is 75.6 Å². The van der Waals surface area contributed by atoms with E-state index in [-0.39, 0.29) is 11.5 Å². The van der Waals surface area contributed by atoms with Crippen molar-refractivity contribution in [2.24, 2.45) is 17.8 Å². The number of rotatable bonds is 5. The fourth-order valence-electron chi connectivity index (χ4n) is 5.24. The zero-order valence-corrected chi connectivity index (χ0v) is 16.7. The van der Waals surface area contributed by atoms with Gasteiger partial charge in [0, 0.05) is 30.4 Å². The summed E-state index contributed by atoms with van der Waals surface area (Å²) in [5.74, 6) is 1.69. The Morgan fingerprint density at radius 1 is 1.13 bits per heavy atom. The van der Waals surface area contributed by atoms with Crippen molar-refractivity contribution in [1.29, 1.82) is 0 Å². The highest BCUT2D eigenvalue weighted by Crippen LogP contribution is 2.49. The lowest BCUT2D eigenvalue weighted by Gasteiger charge is -2.21. The predicted molar refractivity (Wildman–Crippen MR) is 112 cm³/mol. The van der Waals surface area contributed by atoms with Gasteiger partial charge in [-0.05, 0) is 48.6 Å². The average molecular weight is 404 g/mol. The van der Waals surface area contributed by atoms with Gasteiger partial charge in [-0.1, -0.05) is 24.6 Å². The van der Waals surface area contributed by atoms with Crippen LogP contribution in [0.4, 0.5) is 0 Å². The van der Waals surface area contributed by atoms with Crippen LogP contribution in [0.1, 0.15) is 43.4 Å². The first-order valence-electron chi connectivity index (χ1n) is 10.6. The molecule has 30 heavy (non-hydrogen) atoms. The van der Waals surface area contributed by atoms with E-state index in [4.69, 9.17) is 0 Å². The molecular weight excluding hydrogens is 380 g/mol. The lowest BCUT2D eigenvalue weighted by atomic mass is 9.86. The second-order valence-corrected chi connectivity index (χ2v) is 8.63. The fourth-order valence-corrected chi connectivity index (χ4v) is 5.24. The molecule has 2 bridgehead atoms. The molecule has 154 valence electrons. The number of hydrogen-bond acceptors (Lipinski definition) is 4. The van der Waals surface area contributed by atoms with Gasteiger partial charge in [-0.15, -0.1) is 4.79 Å². The number of aromatic nitrogens is 3. The van der Waals surface area contributed by atoms with Crippen LogP contribution in [-0.4, -0.2) is 15.8 Å². The van der Waals surface area contributed by atoms with Crippen LogP contribution < -0.4 is 15.7 Å². The molecule has 0 spiro atoms. The molecule has 7 nitrogen and oxygen atoms in total. The van der Waals surface area contributed by atoms with E-state index in [2.05, 4.69) is 10.5 Å². The number of carbonyl (C=O) groups excluding carboxylic acids is 1. The SMILES string of the molecule is O=C(CC1CC2CCC1C2)Nn1nc(Cc2cc[n+]([O-])cc2)c2ccccc2c1=O. The molecule has 0 aliphatic heterocycles. The van der Waals surface area contributed by atoms with E-state index in [1.165, 1.54) is 31.7 Å². The number of nitrogens with one attached hydrogen (secondary N) is 1. The van der Waals surface area contributed by atoms with Gasteiger partial charge in [0.1, 0.15) is 0 Å². The summed E-state index contributed by atoms with van der Waals surface area (Å²) >= 11 is 0. The van der Waals surface area contributed by atoms with Crippen molar-refractivity contribution < 1.29 is 9.52 Å². The quantitative estimate of drug-likeness (QED) is 0.523. The summed E-state index contributed by atoms with van der Waals surface area (Å²) in [4.78, 5) is 26.7. The molecular formula is C23H24N4O3. The molecule has 2 saturated carbocycles. The maximum absolute atomic E-state index is 12.9. The van der Waals surface area contributed by atoms with Crippen molar-refractivity contribution >= 4 is 16.7 Å². The van der Waals surface area contributed by atoms with E-state index in [1.807, 2.05) is 12.1 Å². The Kier molecular flexibility index (Phi) is 4.73. The number of hydrogen-bond donors (Lipinski definition) is 1. The van der Waals surface area contributed by atoms with Crippen LogP contribution in [0.5, 0.6) is 0 Å². The van der Waals surface area contributed by atoms with Crippen molar-refractivity contribution in [2.45, 2.75) is 38.5 Å². The van der Waals surface area contributed by atoms with Gasteiger partial charge in [0.15, 0.2) is 12.4 Å². The van der Waals surface area contributed by atoms with Gasteiger partial charge in [0.05, 0.1) is 11.1 Å².